The van der Waals surface area contributed by atoms with E-state index in [-0.39, 0.29) is 23.7 Å². The molecule has 1 aromatic carbocycles. The molecule has 2 amide bonds. The normalized spacial score (nSPS) is 16.6. The Labute approximate surface area is 219 Å². The molecule has 4 rings (SSSR count). The molecule has 0 atom stereocenters. The number of amides is 2. The van der Waals surface area contributed by atoms with Crippen molar-refractivity contribution in [3.05, 3.63) is 29.8 Å². The smallest absolute Gasteiger partial charge is 0.422 e. The van der Waals surface area contributed by atoms with Gasteiger partial charge in [-0.1, -0.05) is 25.7 Å². The number of aromatic nitrogens is 3. The van der Waals surface area contributed by atoms with Gasteiger partial charge >= 0.3 is 12.2 Å². The molecule has 10 nitrogen and oxygen atoms in total. The minimum absolute atomic E-state index is 0.00490. The zero-order valence-electron chi connectivity index (χ0n) is 21.4. The van der Waals surface area contributed by atoms with Crippen molar-refractivity contribution in [2.45, 2.75) is 58.0 Å². The Morgan fingerprint density at radius 1 is 0.895 bits per heavy atom. The summed E-state index contributed by atoms with van der Waals surface area (Å²) in [5, 5.41) is 8.79. The fourth-order valence-corrected chi connectivity index (χ4v) is 3.87. The van der Waals surface area contributed by atoms with E-state index in [2.05, 4.69) is 30.9 Å². The summed E-state index contributed by atoms with van der Waals surface area (Å²) in [6, 6.07) is 6.03. The third-order valence-electron chi connectivity index (χ3n) is 5.86. The molecule has 0 aliphatic carbocycles. The van der Waals surface area contributed by atoms with E-state index < -0.39 is 18.8 Å². The summed E-state index contributed by atoms with van der Waals surface area (Å²) >= 11 is 0. The van der Waals surface area contributed by atoms with Crippen molar-refractivity contribution in [3.63, 3.8) is 0 Å². The van der Waals surface area contributed by atoms with Gasteiger partial charge in [0.15, 0.2) is 6.61 Å². The van der Waals surface area contributed by atoms with E-state index in [1.165, 1.54) is 0 Å². The van der Waals surface area contributed by atoms with Gasteiger partial charge in [0, 0.05) is 44.4 Å². The predicted molar refractivity (Wildman–Crippen MR) is 136 cm³/mol. The van der Waals surface area contributed by atoms with E-state index >= 15 is 0 Å². The molecule has 2 aromatic rings. The number of rotatable bonds is 2. The van der Waals surface area contributed by atoms with Crippen LogP contribution < -0.4 is 20.7 Å². The highest BCUT2D eigenvalue weighted by Crippen LogP contribution is 2.20. The van der Waals surface area contributed by atoms with Gasteiger partial charge in [-0.15, -0.1) is 0 Å². The van der Waals surface area contributed by atoms with Crippen LogP contribution in [0.2, 0.25) is 0 Å². The lowest BCUT2D eigenvalue weighted by molar-refractivity contribution is -0.154. The average molecular weight is 538 g/mol. The van der Waals surface area contributed by atoms with Crippen LogP contribution in [0.5, 0.6) is 6.01 Å². The number of fused-ring (bicyclic) bond motifs is 16. The highest BCUT2D eigenvalue weighted by molar-refractivity contribution is 5.94. The first-order chi connectivity index (χ1) is 18.2. The zero-order valence-corrected chi connectivity index (χ0v) is 21.4. The Morgan fingerprint density at radius 3 is 2.24 bits per heavy atom. The molecular weight excluding hydrogens is 503 g/mol. The van der Waals surface area contributed by atoms with Crippen LogP contribution in [0.3, 0.4) is 0 Å². The van der Waals surface area contributed by atoms with Crippen LogP contribution in [0.15, 0.2) is 24.3 Å². The number of carbonyl (C=O) groups is 2. The Kier molecular flexibility index (Phi) is 10.9. The second-order valence-electron chi connectivity index (χ2n) is 9.04. The number of carbonyl (C=O) groups excluding carboxylic acids is 2. The number of ether oxygens (including phenoxy) is 1. The molecule has 4 bridgehead atoms. The number of benzene rings is 1. The highest BCUT2D eigenvalue weighted by Gasteiger charge is 2.29. The summed E-state index contributed by atoms with van der Waals surface area (Å²) < 4.78 is 42.7. The largest absolute Gasteiger partial charge is 0.454 e. The molecule has 3 heterocycles. The average Bonchev–Trinajstić information content (AvgIpc) is 2.87. The summed E-state index contributed by atoms with van der Waals surface area (Å²) in [4.78, 5) is 38.4. The molecule has 2 aliphatic rings. The first-order valence-corrected chi connectivity index (χ1v) is 12.8. The maximum absolute atomic E-state index is 12.6. The van der Waals surface area contributed by atoms with Crippen LogP contribution in [0, 0.1) is 0 Å². The van der Waals surface area contributed by atoms with Crippen molar-refractivity contribution in [1.29, 1.82) is 0 Å². The van der Waals surface area contributed by atoms with Crippen LogP contribution in [0.1, 0.15) is 62.2 Å². The highest BCUT2D eigenvalue weighted by atomic mass is 19.4. The molecule has 0 spiro atoms. The van der Waals surface area contributed by atoms with Crippen LogP contribution in [-0.4, -0.2) is 70.6 Å². The summed E-state index contributed by atoms with van der Waals surface area (Å²) in [5.41, 5.74) is 0.959. The molecule has 13 heteroatoms. The second kappa shape index (κ2) is 14.3. The van der Waals surface area contributed by atoms with Crippen molar-refractivity contribution >= 4 is 29.4 Å². The standard InChI is InChI=1S/C25H34F3N7O3/c1-18(36)35-15-7-5-3-2-4-6-13-30-22-32-23(34-24(33-22)38-17-25(26,27)28)31-20-11-9-19(10-12-20)21(37)29-14-8-16-35/h9-12H,2-8,13-17H2,1H3,(H,29,37)(H2,30,31,32,33,34). The van der Waals surface area contributed by atoms with Crippen molar-refractivity contribution in [3.8, 4) is 6.01 Å². The second-order valence-corrected chi connectivity index (χ2v) is 9.04. The number of hydrogen-bond acceptors (Lipinski definition) is 8. The van der Waals surface area contributed by atoms with Gasteiger partial charge in [0.1, 0.15) is 0 Å². The molecule has 208 valence electrons. The van der Waals surface area contributed by atoms with E-state index in [1.54, 1.807) is 31.2 Å². The molecular formula is C25H34F3N7O3. The lowest BCUT2D eigenvalue weighted by Crippen LogP contribution is -2.33. The van der Waals surface area contributed by atoms with Gasteiger partial charge in [-0.3, -0.25) is 9.59 Å². The Morgan fingerprint density at radius 2 is 1.53 bits per heavy atom. The van der Waals surface area contributed by atoms with Gasteiger partial charge in [0.05, 0.1) is 0 Å². The number of nitrogens with zero attached hydrogens (tertiary/aromatic N) is 4. The Hall–Kier alpha value is -3.64. The minimum Gasteiger partial charge on any atom is -0.454 e. The van der Waals surface area contributed by atoms with Gasteiger partial charge < -0.3 is 25.6 Å². The van der Waals surface area contributed by atoms with Gasteiger partial charge in [0.2, 0.25) is 17.8 Å². The summed E-state index contributed by atoms with van der Waals surface area (Å²) in [6.45, 7) is 2.29. The molecule has 0 unspecified atom stereocenters. The summed E-state index contributed by atoms with van der Waals surface area (Å²) in [6.07, 6.45) is 1.89. The number of hydrogen-bond donors (Lipinski definition) is 3. The van der Waals surface area contributed by atoms with Gasteiger partial charge in [-0.05, 0) is 43.5 Å². The lowest BCUT2D eigenvalue weighted by Gasteiger charge is -2.21. The van der Waals surface area contributed by atoms with E-state index in [1.807, 2.05) is 4.90 Å². The van der Waals surface area contributed by atoms with Crippen LogP contribution in [0.4, 0.5) is 30.8 Å². The summed E-state index contributed by atoms with van der Waals surface area (Å²) in [7, 11) is 0. The third-order valence-corrected chi connectivity index (χ3v) is 5.86. The number of anilines is 3. The Balaban J connectivity index is 1.72. The lowest BCUT2D eigenvalue weighted by atomic mass is 10.1. The fourth-order valence-electron chi connectivity index (χ4n) is 3.87. The SMILES string of the molecule is CC(=O)N1CCCCCCCCNc2nc(nc(OCC(F)(F)F)n2)Nc2ccc(cc2)C(=O)NCCC1. The van der Waals surface area contributed by atoms with Crippen LogP contribution in [0.25, 0.3) is 0 Å². The first-order valence-electron chi connectivity index (χ1n) is 12.8. The number of alkyl halides is 3. The van der Waals surface area contributed by atoms with E-state index in [9.17, 15) is 22.8 Å². The molecule has 0 saturated carbocycles. The molecule has 38 heavy (non-hydrogen) atoms. The fraction of sp³-hybridized carbons (Fsp3) is 0.560. The summed E-state index contributed by atoms with van der Waals surface area (Å²) in [5.74, 6) is -0.120. The molecule has 2 aliphatic heterocycles. The van der Waals surface area contributed by atoms with Gasteiger partial charge in [-0.25, -0.2) is 0 Å². The minimum atomic E-state index is -4.53. The quantitative estimate of drug-likeness (QED) is 0.519. The molecule has 0 saturated heterocycles. The van der Waals surface area contributed by atoms with Crippen molar-refractivity contribution in [2.24, 2.45) is 0 Å². The number of halogens is 3. The first kappa shape index (κ1) is 28.9. The Bertz CT molecular complexity index is 1050. The van der Waals surface area contributed by atoms with E-state index in [0.717, 1.165) is 38.5 Å². The maximum atomic E-state index is 12.6. The van der Waals surface area contributed by atoms with E-state index in [4.69, 9.17) is 4.74 Å². The zero-order chi connectivity index (χ0) is 27.4. The van der Waals surface area contributed by atoms with Crippen LogP contribution >= 0.6 is 0 Å². The van der Waals surface area contributed by atoms with E-state index in [0.29, 0.717) is 43.9 Å². The molecule has 0 fully saturated rings. The molecule has 3 N–H and O–H groups in total. The monoisotopic (exact) mass is 537 g/mol. The maximum Gasteiger partial charge on any atom is 0.422 e. The van der Waals surface area contributed by atoms with Crippen molar-refractivity contribution in [1.82, 2.24) is 25.2 Å². The van der Waals surface area contributed by atoms with Crippen molar-refractivity contribution < 1.29 is 27.5 Å². The van der Waals surface area contributed by atoms with Gasteiger partial charge in [-0.2, -0.15) is 28.1 Å². The topological polar surface area (TPSA) is 121 Å². The van der Waals surface area contributed by atoms with Crippen molar-refractivity contribution in [2.75, 3.05) is 43.4 Å². The number of nitrogens with one attached hydrogen (secondary N) is 3. The van der Waals surface area contributed by atoms with Gasteiger partial charge in [0.25, 0.3) is 5.91 Å². The van der Waals surface area contributed by atoms with Crippen LogP contribution in [-0.2, 0) is 4.79 Å². The molecule has 0 radical (unpaired) electrons. The molecule has 1 aromatic heterocycles. The third kappa shape index (κ3) is 10.4. The predicted octanol–water partition coefficient (Wildman–Crippen LogP) is 4.29.